The van der Waals surface area contributed by atoms with Gasteiger partial charge in [-0.05, 0) is 31.7 Å². The first-order valence-corrected chi connectivity index (χ1v) is 7.01. The van der Waals surface area contributed by atoms with Crippen LogP contribution in [-0.4, -0.2) is 29.8 Å². The van der Waals surface area contributed by atoms with Crippen molar-refractivity contribution in [1.29, 1.82) is 0 Å². The summed E-state index contributed by atoms with van der Waals surface area (Å²) < 4.78 is 11.0. The van der Waals surface area contributed by atoms with E-state index >= 15 is 0 Å². The van der Waals surface area contributed by atoms with Crippen LogP contribution in [0.25, 0.3) is 0 Å². The summed E-state index contributed by atoms with van der Waals surface area (Å²) in [6.07, 6.45) is 1.97. The molecule has 3 atom stereocenters. The first-order valence-electron chi connectivity index (χ1n) is 7.01. The van der Waals surface area contributed by atoms with Crippen molar-refractivity contribution in [1.82, 2.24) is 15.5 Å². The van der Waals surface area contributed by atoms with Crippen LogP contribution >= 0.6 is 0 Å². The average Bonchev–Trinajstić information content (AvgIpc) is 2.77. The lowest BCUT2D eigenvalue weighted by atomic mass is 9.88. The zero-order valence-corrected chi connectivity index (χ0v) is 12.6. The molecular weight excluding hydrogens is 242 g/mol. The quantitative estimate of drug-likeness (QED) is 0.912. The molecule has 0 amide bonds. The topological polar surface area (TPSA) is 60.2 Å². The van der Waals surface area contributed by atoms with E-state index in [0.717, 1.165) is 25.3 Å². The van der Waals surface area contributed by atoms with Crippen LogP contribution in [0.4, 0.5) is 0 Å². The van der Waals surface area contributed by atoms with Crippen LogP contribution in [0, 0.1) is 5.41 Å². The maximum absolute atomic E-state index is 5.53. The Morgan fingerprint density at radius 1 is 1.42 bits per heavy atom. The highest BCUT2D eigenvalue weighted by Gasteiger charge is 2.32. The van der Waals surface area contributed by atoms with Crippen molar-refractivity contribution in [2.45, 2.75) is 58.6 Å². The molecule has 1 aliphatic rings. The molecule has 1 saturated heterocycles. The van der Waals surface area contributed by atoms with Crippen molar-refractivity contribution < 1.29 is 9.26 Å². The number of rotatable bonds is 3. The maximum atomic E-state index is 5.53. The summed E-state index contributed by atoms with van der Waals surface area (Å²) in [5, 5.41) is 7.55. The Hall–Kier alpha value is -0.940. The van der Waals surface area contributed by atoms with Crippen molar-refractivity contribution in [3.63, 3.8) is 0 Å². The van der Waals surface area contributed by atoms with E-state index in [1.165, 1.54) is 0 Å². The van der Waals surface area contributed by atoms with Crippen LogP contribution in [0.3, 0.4) is 0 Å². The van der Waals surface area contributed by atoms with Crippen molar-refractivity contribution in [3.8, 4) is 0 Å². The Balaban J connectivity index is 2.14. The number of piperidine rings is 1. The second kappa shape index (κ2) is 5.59. The monoisotopic (exact) mass is 267 g/mol. The molecule has 1 aromatic rings. The highest BCUT2D eigenvalue weighted by molar-refractivity contribution is 5.01. The third-order valence-electron chi connectivity index (χ3n) is 3.69. The van der Waals surface area contributed by atoms with E-state index in [4.69, 9.17) is 9.26 Å². The number of methoxy groups -OCH3 is 1. The number of nitrogens with zero attached hydrogens (tertiary/aromatic N) is 2. The van der Waals surface area contributed by atoms with E-state index < -0.39 is 0 Å². The smallest absolute Gasteiger partial charge is 0.229 e. The largest absolute Gasteiger partial charge is 0.373 e. The standard InChI is InChI=1S/C14H25N3O2/c1-9-8-10(6-7-15-9)13-16-12(17-19-13)11(18-5)14(2,3)4/h9-11,15H,6-8H2,1-5H3. The molecule has 0 aromatic carbocycles. The van der Waals surface area contributed by atoms with Crippen molar-refractivity contribution in [2.75, 3.05) is 13.7 Å². The van der Waals surface area contributed by atoms with E-state index in [1.807, 2.05) is 0 Å². The van der Waals surface area contributed by atoms with Gasteiger partial charge < -0.3 is 14.6 Å². The molecule has 1 fully saturated rings. The van der Waals surface area contributed by atoms with E-state index in [-0.39, 0.29) is 11.5 Å². The van der Waals surface area contributed by atoms with Crippen molar-refractivity contribution in [2.24, 2.45) is 5.41 Å². The van der Waals surface area contributed by atoms with Gasteiger partial charge in [0.1, 0.15) is 6.10 Å². The molecule has 0 saturated carbocycles. The third-order valence-corrected chi connectivity index (χ3v) is 3.69. The zero-order valence-electron chi connectivity index (χ0n) is 12.6. The van der Waals surface area contributed by atoms with Crippen molar-refractivity contribution in [3.05, 3.63) is 11.7 Å². The van der Waals surface area contributed by atoms with Gasteiger partial charge in [-0.1, -0.05) is 25.9 Å². The van der Waals surface area contributed by atoms with Crippen LogP contribution in [0.15, 0.2) is 4.52 Å². The van der Waals surface area contributed by atoms with Crippen molar-refractivity contribution >= 4 is 0 Å². The third kappa shape index (κ3) is 3.34. The molecular formula is C14H25N3O2. The molecule has 1 aromatic heterocycles. The molecule has 0 aliphatic carbocycles. The molecule has 19 heavy (non-hydrogen) atoms. The lowest BCUT2D eigenvalue weighted by Gasteiger charge is -2.26. The lowest BCUT2D eigenvalue weighted by molar-refractivity contribution is 0.00718. The molecule has 0 radical (unpaired) electrons. The molecule has 108 valence electrons. The average molecular weight is 267 g/mol. The Morgan fingerprint density at radius 3 is 2.74 bits per heavy atom. The Kier molecular flexibility index (Phi) is 4.26. The fraction of sp³-hybridized carbons (Fsp3) is 0.857. The van der Waals surface area contributed by atoms with E-state index in [1.54, 1.807) is 7.11 Å². The summed E-state index contributed by atoms with van der Waals surface area (Å²) >= 11 is 0. The summed E-state index contributed by atoms with van der Waals surface area (Å²) in [5.74, 6) is 1.79. The zero-order chi connectivity index (χ0) is 14.0. The Labute approximate surface area is 115 Å². The van der Waals surface area contributed by atoms with Crippen LogP contribution < -0.4 is 5.32 Å². The summed E-state index contributed by atoms with van der Waals surface area (Å²) in [5.41, 5.74) is -0.0443. The second-order valence-electron chi connectivity index (χ2n) is 6.55. The minimum Gasteiger partial charge on any atom is -0.373 e. The molecule has 2 heterocycles. The van der Waals surface area contributed by atoms with Crippen LogP contribution in [-0.2, 0) is 4.74 Å². The fourth-order valence-electron chi connectivity index (χ4n) is 2.72. The highest BCUT2D eigenvalue weighted by atomic mass is 16.5. The van der Waals surface area contributed by atoms with Gasteiger partial charge in [-0.3, -0.25) is 0 Å². The first-order chi connectivity index (χ1) is 8.91. The predicted octanol–water partition coefficient (Wildman–Crippen LogP) is 2.66. The lowest BCUT2D eigenvalue weighted by Crippen LogP contribution is -2.35. The Bertz CT molecular complexity index is 411. The van der Waals surface area contributed by atoms with Gasteiger partial charge in [0.25, 0.3) is 0 Å². The van der Waals surface area contributed by atoms with Gasteiger partial charge in [0.15, 0.2) is 0 Å². The van der Waals surface area contributed by atoms with Gasteiger partial charge in [0.2, 0.25) is 11.7 Å². The molecule has 3 unspecified atom stereocenters. The van der Waals surface area contributed by atoms with Gasteiger partial charge >= 0.3 is 0 Å². The number of nitrogens with one attached hydrogen (secondary N) is 1. The highest BCUT2D eigenvalue weighted by Crippen LogP contribution is 2.35. The maximum Gasteiger partial charge on any atom is 0.229 e. The van der Waals surface area contributed by atoms with E-state index in [2.05, 4.69) is 43.2 Å². The normalized spacial score (nSPS) is 26.4. The fourth-order valence-corrected chi connectivity index (χ4v) is 2.72. The second-order valence-corrected chi connectivity index (χ2v) is 6.55. The number of hydrogen-bond donors (Lipinski definition) is 1. The molecule has 5 heteroatoms. The molecule has 1 N–H and O–H groups in total. The van der Waals surface area contributed by atoms with Crippen LogP contribution in [0.2, 0.25) is 0 Å². The van der Waals surface area contributed by atoms with Crippen LogP contribution in [0.5, 0.6) is 0 Å². The molecule has 0 spiro atoms. The minimum absolute atomic E-state index is 0.0443. The summed E-state index contributed by atoms with van der Waals surface area (Å²) in [6, 6.07) is 0.509. The van der Waals surface area contributed by atoms with E-state index in [9.17, 15) is 0 Å². The van der Waals surface area contributed by atoms with Gasteiger partial charge in [0.05, 0.1) is 0 Å². The molecule has 1 aliphatic heterocycles. The van der Waals surface area contributed by atoms with Gasteiger partial charge in [-0.15, -0.1) is 0 Å². The number of hydrogen-bond acceptors (Lipinski definition) is 5. The number of aromatic nitrogens is 2. The predicted molar refractivity (Wildman–Crippen MR) is 72.9 cm³/mol. The first kappa shape index (κ1) is 14.5. The number of ether oxygens (including phenoxy) is 1. The summed E-state index contributed by atoms with van der Waals surface area (Å²) in [6.45, 7) is 9.55. The van der Waals surface area contributed by atoms with Crippen LogP contribution in [0.1, 0.15) is 64.3 Å². The molecule has 2 rings (SSSR count). The minimum atomic E-state index is -0.135. The summed E-state index contributed by atoms with van der Waals surface area (Å²) in [7, 11) is 1.69. The molecule has 0 bridgehead atoms. The van der Waals surface area contributed by atoms with E-state index in [0.29, 0.717) is 17.8 Å². The Morgan fingerprint density at radius 2 is 2.16 bits per heavy atom. The molecule has 5 nitrogen and oxygen atoms in total. The SMILES string of the molecule is COC(c1noc(C2CCNC(C)C2)n1)C(C)(C)C. The van der Waals surface area contributed by atoms with Gasteiger partial charge in [0, 0.05) is 19.1 Å². The van der Waals surface area contributed by atoms with Gasteiger partial charge in [-0.2, -0.15) is 4.98 Å². The summed E-state index contributed by atoms with van der Waals surface area (Å²) in [4.78, 5) is 4.58. The van der Waals surface area contributed by atoms with Gasteiger partial charge in [-0.25, -0.2) is 0 Å².